The molecule has 2 aromatic rings. The van der Waals surface area contributed by atoms with E-state index in [-0.39, 0.29) is 5.95 Å². The van der Waals surface area contributed by atoms with Crippen molar-refractivity contribution in [2.45, 2.75) is 6.92 Å². The molecule has 2 N–H and O–H groups in total. The quantitative estimate of drug-likeness (QED) is 0.843. The van der Waals surface area contributed by atoms with Crippen molar-refractivity contribution in [1.29, 1.82) is 0 Å². The van der Waals surface area contributed by atoms with Crippen LogP contribution in [-0.4, -0.2) is 17.1 Å². The number of thiophene rings is 1. The molecule has 0 aliphatic carbocycles. The van der Waals surface area contributed by atoms with Crippen molar-refractivity contribution in [3.8, 4) is 16.5 Å². The van der Waals surface area contributed by atoms with Gasteiger partial charge in [0, 0.05) is 6.07 Å². The first kappa shape index (κ1) is 9.92. The van der Waals surface area contributed by atoms with Gasteiger partial charge in [0.15, 0.2) is 0 Å². The van der Waals surface area contributed by atoms with Gasteiger partial charge in [-0.15, -0.1) is 11.3 Å². The fourth-order valence-electron chi connectivity index (χ4n) is 1.30. The van der Waals surface area contributed by atoms with Gasteiger partial charge in [0.05, 0.1) is 17.7 Å². The molecule has 0 aliphatic rings. The number of aryl methyl sites for hydroxylation is 1. The summed E-state index contributed by atoms with van der Waals surface area (Å²) in [4.78, 5) is 9.22. The Hall–Kier alpha value is -1.62. The van der Waals surface area contributed by atoms with Gasteiger partial charge in [0.1, 0.15) is 0 Å². The molecule has 0 bridgehead atoms. The third-order valence-electron chi connectivity index (χ3n) is 2.02. The Bertz CT molecular complexity index is 481. The van der Waals surface area contributed by atoms with Crippen LogP contribution in [0, 0.1) is 6.92 Å². The van der Waals surface area contributed by atoms with Crippen molar-refractivity contribution >= 4 is 17.3 Å². The Morgan fingerprint density at radius 2 is 2.20 bits per heavy atom. The van der Waals surface area contributed by atoms with Crippen molar-refractivity contribution in [1.82, 2.24) is 9.97 Å². The zero-order valence-corrected chi connectivity index (χ0v) is 9.34. The first-order valence-electron chi connectivity index (χ1n) is 4.43. The number of nitrogens with two attached hydrogens (primary N) is 1. The van der Waals surface area contributed by atoms with E-state index in [4.69, 9.17) is 10.5 Å². The SMILES string of the molecule is COc1cc(-c2sccc2C)nc(N)n1. The molecule has 4 nitrogen and oxygen atoms in total. The van der Waals surface area contributed by atoms with E-state index in [1.54, 1.807) is 24.5 Å². The molecular weight excluding hydrogens is 210 g/mol. The predicted molar refractivity (Wildman–Crippen MR) is 61.0 cm³/mol. The third kappa shape index (κ3) is 1.92. The third-order valence-corrected chi connectivity index (χ3v) is 3.06. The Labute approximate surface area is 91.8 Å². The van der Waals surface area contributed by atoms with Crippen LogP contribution in [0.2, 0.25) is 0 Å². The smallest absolute Gasteiger partial charge is 0.223 e. The fraction of sp³-hybridized carbons (Fsp3) is 0.200. The van der Waals surface area contributed by atoms with Crippen LogP contribution >= 0.6 is 11.3 Å². The lowest BCUT2D eigenvalue weighted by molar-refractivity contribution is 0.398. The van der Waals surface area contributed by atoms with Gasteiger partial charge >= 0.3 is 0 Å². The fourth-order valence-corrected chi connectivity index (χ4v) is 2.19. The first-order chi connectivity index (χ1) is 7.20. The maximum absolute atomic E-state index is 5.59. The highest BCUT2D eigenvalue weighted by Gasteiger charge is 2.08. The van der Waals surface area contributed by atoms with Gasteiger partial charge < -0.3 is 10.5 Å². The normalized spacial score (nSPS) is 10.3. The maximum Gasteiger partial charge on any atom is 0.223 e. The van der Waals surface area contributed by atoms with Crippen LogP contribution in [0.1, 0.15) is 5.56 Å². The van der Waals surface area contributed by atoms with Crippen LogP contribution in [0.5, 0.6) is 5.88 Å². The topological polar surface area (TPSA) is 61.0 Å². The highest BCUT2D eigenvalue weighted by Crippen LogP contribution is 2.29. The lowest BCUT2D eigenvalue weighted by Gasteiger charge is -2.03. The van der Waals surface area contributed by atoms with E-state index in [9.17, 15) is 0 Å². The summed E-state index contributed by atoms with van der Waals surface area (Å²) in [6.45, 7) is 2.04. The second kappa shape index (κ2) is 3.86. The molecule has 2 aromatic heterocycles. The molecule has 0 radical (unpaired) electrons. The highest BCUT2D eigenvalue weighted by molar-refractivity contribution is 7.13. The molecule has 0 spiro atoms. The highest BCUT2D eigenvalue weighted by atomic mass is 32.1. The van der Waals surface area contributed by atoms with E-state index < -0.39 is 0 Å². The van der Waals surface area contributed by atoms with E-state index in [0.29, 0.717) is 5.88 Å². The van der Waals surface area contributed by atoms with Crippen molar-refractivity contribution in [3.63, 3.8) is 0 Å². The van der Waals surface area contributed by atoms with Crippen LogP contribution in [0.15, 0.2) is 17.5 Å². The second-order valence-corrected chi connectivity index (χ2v) is 4.00. The number of ether oxygens (including phenoxy) is 1. The number of anilines is 1. The molecular formula is C10H11N3OS. The molecule has 2 rings (SSSR count). The molecule has 0 aliphatic heterocycles. The molecule has 15 heavy (non-hydrogen) atoms. The summed E-state index contributed by atoms with van der Waals surface area (Å²) in [5.41, 5.74) is 7.59. The molecule has 0 fully saturated rings. The van der Waals surface area contributed by atoms with Gasteiger partial charge in [0.25, 0.3) is 0 Å². The molecule has 0 aromatic carbocycles. The monoisotopic (exact) mass is 221 g/mol. The molecule has 0 unspecified atom stereocenters. The summed E-state index contributed by atoms with van der Waals surface area (Å²) >= 11 is 1.63. The first-order valence-corrected chi connectivity index (χ1v) is 5.31. The summed E-state index contributed by atoms with van der Waals surface area (Å²) in [5.74, 6) is 0.724. The number of aromatic nitrogens is 2. The molecule has 0 saturated carbocycles. The van der Waals surface area contributed by atoms with Gasteiger partial charge in [-0.1, -0.05) is 0 Å². The van der Waals surface area contributed by atoms with Crippen molar-refractivity contribution in [3.05, 3.63) is 23.1 Å². The van der Waals surface area contributed by atoms with Crippen LogP contribution in [0.25, 0.3) is 10.6 Å². The van der Waals surface area contributed by atoms with Crippen molar-refractivity contribution in [2.75, 3.05) is 12.8 Å². The Kier molecular flexibility index (Phi) is 2.55. The summed E-state index contributed by atoms with van der Waals surface area (Å²) in [5, 5.41) is 2.02. The molecule has 2 heterocycles. The minimum absolute atomic E-state index is 0.233. The van der Waals surface area contributed by atoms with Crippen LogP contribution in [-0.2, 0) is 0 Å². The standard InChI is InChI=1S/C10H11N3OS/c1-6-3-4-15-9(6)7-5-8(14-2)13-10(11)12-7/h3-5H,1-2H3,(H2,11,12,13). The zero-order valence-electron chi connectivity index (χ0n) is 8.52. The average Bonchev–Trinajstić information content (AvgIpc) is 2.63. The van der Waals surface area contributed by atoms with Gasteiger partial charge in [-0.25, -0.2) is 4.98 Å². The van der Waals surface area contributed by atoms with E-state index in [2.05, 4.69) is 9.97 Å². The molecule has 0 saturated heterocycles. The number of hydrogen-bond acceptors (Lipinski definition) is 5. The van der Waals surface area contributed by atoms with Gasteiger partial charge in [-0.2, -0.15) is 4.98 Å². The van der Waals surface area contributed by atoms with Crippen LogP contribution in [0.3, 0.4) is 0 Å². The van der Waals surface area contributed by atoms with Crippen LogP contribution in [0.4, 0.5) is 5.95 Å². The second-order valence-electron chi connectivity index (χ2n) is 3.09. The minimum Gasteiger partial charge on any atom is -0.481 e. The lowest BCUT2D eigenvalue weighted by atomic mass is 10.2. The van der Waals surface area contributed by atoms with E-state index in [0.717, 1.165) is 10.6 Å². The Balaban J connectivity index is 2.53. The number of nitrogens with zero attached hydrogens (tertiary/aromatic N) is 2. The molecule has 78 valence electrons. The van der Waals surface area contributed by atoms with Gasteiger partial charge in [-0.05, 0) is 23.9 Å². The van der Waals surface area contributed by atoms with Gasteiger partial charge in [0.2, 0.25) is 11.8 Å². The lowest BCUT2D eigenvalue weighted by Crippen LogP contribution is -1.98. The van der Waals surface area contributed by atoms with Crippen LogP contribution < -0.4 is 10.5 Å². The number of nitrogen functional groups attached to an aromatic ring is 1. The Morgan fingerprint density at radius 3 is 2.80 bits per heavy atom. The molecule has 5 heteroatoms. The van der Waals surface area contributed by atoms with Gasteiger partial charge in [-0.3, -0.25) is 0 Å². The summed E-state index contributed by atoms with van der Waals surface area (Å²) in [6.07, 6.45) is 0. The zero-order chi connectivity index (χ0) is 10.8. The summed E-state index contributed by atoms with van der Waals surface area (Å²) in [6, 6.07) is 3.83. The average molecular weight is 221 g/mol. The molecule has 0 atom stereocenters. The summed E-state index contributed by atoms with van der Waals surface area (Å²) < 4.78 is 5.05. The van der Waals surface area contributed by atoms with E-state index in [1.807, 2.05) is 18.4 Å². The number of rotatable bonds is 2. The Morgan fingerprint density at radius 1 is 1.40 bits per heavy atom. The van der Waals surface area contributed by atoms with Crippen molar-refractivity contribution < 1.29 is 4.74 Å². The van der Waals surface area contributed by atoms with E-state index >= 15 is 0 Å². The maximum atomic E-state index is 5.59. The van der Waals surface area contributed by atoms with E-state index in [1.165, 1.54) is 5.56 Å². The minimum atomic E-state index is 0.233. The predicted octanol–water partition coefficient (Wildman–Crippen LogP) is 2.10. The molecule has 0 amide bonds. The van der Waals surface area contributed by atoms with Crippen molar-refractivity contribution in [2.24, 2.45) is 0 Å². The largest absolute Gasteiger partial charge is 0.481 e. The summed E-state index contributed by atoms with van der Waals surface area (Å²) in [7, 11) is 1.56. The number of methoxy groups -OCH3 is 1. The number of hydrogen-bond donors (Lipinski definition) is 1.